The highest BCUT2D eigenvalue weighted by Crippen LogP contribution is 2.41. The van der Waals surface area contributed by atoms with E-state index in [4.69, 9.17) is 11.6 Å². The molecule has 210 valence electrons. The van der Waals surface area contributed by atoms with E-state index in [1.165, 1.54) is 5.69 Å². The Kier molecular flexibility index (Phi) is 8.34. The normalized spacial score (nSPS) is 22.5. The van der Waals surface area contributed by atoms with Gasteiger partial charge < -0.3 is 20.4 Å². The van der Waals surface area contributed by atoms with E-state index in [2.05, 4.69) is 26.5 Å². The lowest BCUT2D eigenvalue weighted by atomic mass is 9.75. The number of carbonyl (C=O) groups is 3. The molecule has 3 aliphatic heterocycles. The van der Waals surface area contributed by atoms with E-state index in [-0.39, 0.29) is 29.2 Å². The molecule has 0 aliphatic carbocycles. The smallest absolute Gasteiger partial charge is 0.247 e. The van der Waals surface area contributed by atoms with E-state index in [1.807, 2.05) is 43.9 Å². The van der Waals surface area contributed by atoms with E-state index >= 15 is 0 Å². The predicted molar refractivity (Wildman–Crippen MR) is 151 cm³/mol. The van der Waals surface area contributed by atoms with Gasteiger partial charge in [0.25, 0.3) is 0 Å². The quantitative estimate of drug-likeness (QED) is 0.573. The molecule has 3 saturated heterocycles. The summed E-state index contributed by atoms with van der Waals surface area (Å²) < 4.78 is 0. The maximum atomic E-state index is 13.2. The molecule has 0 saturated carbocycles. The molecule has 1 spiro atoms. The maximum absolute atomic E-state index is 13.2. The first-order valence-electron chi connectivity index (χ1n) is 13.9. The van der Waals surface area contributed by atoms with Gasteiger partial charge in [-0.1, -0.05) is 38.4 Å². The summed E-state index contributed by atoms with van der Waals surface area (Å²) in [5.74, 6) is -0.0919. The number of hydrogen-bond acceptors (Lipinski definition) is 5. The van der Waals surface area contributed by atoms with Crippen molar-refractivity contribution < 1.29 is 14.4 Å². The van der Waals surface area contributed by atoms with Gasteiger partial charge in [-0.05, 0) is 57.7 Å². The fraction of sp³-hybridized carbons (Fsp3) is 0.690. The SMILES string of the molecule is CC(C)(C)C(=O)NC(C)(C)C(=O)N1CCC2(CC1)C[C@H](CCN1CCN(c3cccc(Cl)c3)CC1)NC2=O. The van der Waals surface area contributed by atoms with Crippen LogP contribution in [0.15, 0.2) is 24.3 Å². The molecule has 4 rings (SSSR count). The second-order valence-electron chi connectivity index (χ2n) is 12.9. The van der Waals surface area contributed by atoms with Crippen molar-refractivity contribution in [1.29, 1.82) is 0 Å². The zero-order valence-corrected chi connectivity index (χ0v) is 24.4. The second kappa shape index (κ2) is 11.0. The van der Waals surface area contributed by atoms with Crippen LogP contribution in [0.3, 0.4) is 0 Å². The van der Waals surface area contributed by atoms with E-state index in [1.54, 1.807) is 13.8 Å². The molecule has 2 N–H and O–H groups in total. The third kappa shape index (κ3) is 6.45. The molecule has 8 nitrogen and oxygen atoms in total. The lowest BCUT2D eigenvalue weighted by molar-refractivity contribution is -0.145. The van der Waals surface area contributed by atoms with Gasteiger partial charge in [0.1, 0.15) is 5.54 Å². The molecule has 0 unspecified atom stereocenters. The molecule has 1 atom stereocenters. The summed E-state index contributed by atoms with van der Waals surface area (Å²) in [6, 6.07) is 8.20. The molecule has 1 aromatic rings. The van der Waals surface area contributed by atoms with Gasteiger partial charge in [0.15, 0.2) is 0 Å². The number of benzene rings is 1. The third-order valence-electron chi connectivity index (χ3n) is 8.44. The highest BCUT2D eigenvalue weighted by Gasteiger charge is 2.49. The maximum Gasteiger partial charge on any atom is 0.247 e. The Balaban J connectivity index is 1.23. The Morgan fingerprint density at radius 1 is 1.05 bits per heavy atom. The number of piperazine rings is 1. The van der Waals surface area contributed by atoms with Crippen LogP contribution in [0.5, 0.6) is 0 Å². The van der Waals surface area contributed by atoms with Crippen molar-refractivity contribution >= 4 is 35.0 Å². The molecule has 9 heteroatoms. The average Bonchev–Trinajstić information content (AvgIpc) is 3.16. The highest BCUT2D eigenvalue weighted by molar-refractivity contribution is 6.30. The van der Waals surface area contributed by atoms with Gasteiger partial charge in [0.05, 0.1) is 5.41 Å². The Hall–Kier alpha value is -2.32. The van der Waals surface area contributed by atoms with Crippen molar-refractivity contribution in [3.8, 4) is 0 Å². The Bertz CT molecular complexity index is 1040. The van der Waals surface area contributed by atoms with Gasteiger partial charge in [-0.15, -0.1) is 0 Å². The molecule has 3 fully saturated rings. The van der Waals surface area contributed by atoms with E-state index in [0.717, 1.165) is 50.6 Å². The first kappa shape index (κ1) is 28.7. The van der Waals surface area contributed by atoms with Crippen LogP contribution in [0.4, 0.5) is 5.69 Å². The summed E-state index contributed by atoms with van der Waals surface area (Å²) in [5.41, 5.74) is -0.756. The topological polar surface area (TPSA) is 85.0 Å². The fourth-order valence-corrected chi connectivity index (χ4v) is 6.04. The van der Waals surface area contributed by atoms with Crippen LogP contribution in [0.2, 0.25) is 5.02 Å². The number of hydrogen-bond donors (Lipinski definition) is 2. The Morgan fingerprint density at radius 2 is 1.71 bits per heavy atom. The number of anilines is 1. The minimum atomic E-state index is -0.980. The van der Waals surface area contributed by atoms with E-state index < -0.39 is 11.0 Å². The molecule has 0 radical (unpaired) electrons. The van der Waals surface area contributed by atoms with Gasteiger partial charge in [-0.2, -0.15) is 0 Å². The summed E-state index contributed by atoms with van der Waals surface area (Å²) in [5, 5.41) is 6.94. The first-order chi connectivity index (χ1) is 17.8. The molecule has 3 heterocycles. The summed E-state index contributed by atoms with van der Waals surface area (Å²) in [6.07, 6.45) is 3.12. The third-order valence-corrected chi connectivity index (χ3v) is 8.68. The van der Waals surface area contributed by atoms with E-state index in [9.17, 15) is 14.4 Å². The summed E-state index contributed by atoms with van der Waals surface area (Å²) >= 11 is 6.16. The number of nitrogens with zero attached hydrogens (tertiary/aromatic N) is 3. The van der Waals surface area contributed by atoms with Gasteiger partial charge in [-0.3, -0.25) is 19.3 Å². The van der Waals surface area contributed by atoms with Crippen molar-refractivity contribution in [2.75, 3.05) is 50.7 Å². The van der Waals surface area contributed by atoms with Gasteiger partial charge in [0.2, 0.25) is 17.7 Å². The fourth-order valence-electron chi connectivity index (χ4n) is 5.86. The number of piperidine rings is 1. The molecule has 0 aromatic heterocycles. The van der Waals surface area contributed by atoms with Crippen molar-refractivity contribution in [2.24, 2.45) is 10.8 Å². The molecular weight excluding hydrogens is 502 g/mol. The van der Waals surface area contributed by atoms with Gasteiger partial charge in [-0.25, -0.2) is 0 Å². The standard InChI is InChI=1S/C29H44ClN5O3/c1-27(2,3)24(36)32-28(4,5)26(38)35-13-10-29(11-14-35)20-22(31-25(29)37)9-12-33-15-17-34(18-16-33)23-8-6-7-21(30)19-23/h6-8,19,22H,9-18,20H2,1-5H3,(H,31,37)(H,32,36)/t22-/m0/s1. The number of amides is 3. The van der Waals surface area contributed by atoms with Crippen molar-refractivity contribution in [1.82, 2.24) is 20.4 Å². The second-order valence-corrected chi connectivity index (χ2v) is 13.3. The highest BCUT2D eigenvalue weighted by atomic mass is 35.5. The van der Waals surface area contributed by atoms with Crippen molar-refractivity contribution in [2.45, 2.75) is 71.9 Å². The monoisotopic (exact) mass is 545 g/mol. The van der Waals surface area contributed by atoms with Crippen molar-refractivity contribution in [3.63, 3.8) is 0 Å². The zero-order chi connectivity index (χ0) is 27.7. The molecular formula is C29H44ClN5O3. The van der Waals surface area contributed by atoms with Gasteiger partial charge >= 0.3 is 0 Å². The summed E-state index contributed by atoms with van der Waals surface area (Å²) in [7, 11) is 0. The number of halogens is 1. The largest absolute Gasteiger partial charge is 0.369 e. The van der Waals surface area contributed by atoms with Gasteiger partial charge in [0, 0.05) is 68.0 Å². The van der Waals surface area contributed by atoms with E-state index in [0.29, 0.717) is 25.9 Å². The van der Waals surface area contributed by atoms with Crippen molar-refractivity contribution in [3.05, 3.63) is 29.3 Å². The first-order valence-corrected chi connectivity index (χ1v) is 14.3. The van der Waals surface area contributed by atoms with Crippen LogP contribution < -0.4 is 15.5 Å². The van der Waals surface area contributed by atoms with Crippen LogP contribution in [-0.2, 0) is 14.4 Å². The predicted octanol–water partition coefficient (Wildman–Crippen LogP) is 3.29. The zero-order valence-electron chi connectivity index (χ0n) is 23.6. The van der Waals surface area contributed by atoms with Crippen LogP contribution in [0.25, 0.3) is 0 Å². The average molecular weight is 546 g/mol. The Morgan fingerprint density at radius 3 is 2.32 bits per heavy atom. The number of likely N-dealkylation sites (tertiary alicyclic amines) is 1. The Labute approximate surface area is 232 Å². The molecule has 3 amide bonds. The van der Waals surface area contributed by atoms with Crippen LogP contribution in [-0.4, -0.2) is 84.9 Å². The molecule has 38 heavy (non-hydrogen) atoms. The number of rotatable bonds is 6. The van der Waals surface area contributed by atoms with Crippen LogP contribution >= 0.6 is 11.6 Å². The molecule has 3 aliphatic rings. The minimum Gasteiger partial charge on any atom is -0.369 e. The van der Waals surface area contributed by atoms with Crippen LogP contribution in [0.1, 0.15) is 60.3 Å². The lowest BCUT2D eigenvalue weighted by Gasteiger charge is -2.41. The minimum absolute atomic E-state index is 0.0863. The number of carbonyl (C=O) groups excluding carboxylic acids is 3. The van der Waals surface area contributed by atoms with Crippen LogP contribution in [0, 0.1) is 10.8 Å². The lowest BCUT2D eigenvalue weighted by Crippen LogP contribution is -2.59. The summed E-state index contributed by atoms with van der Waals surface area (Å²) in [4.78, 5) is 45.4. The summed E-state index contributed by atoms with van der Waals surface area (Å²) in [6.45, 7) is 15.0. The molecule has 0 bridgehead atoms. The number of nitrogens with one attached hydrogen (secondary N) is 2. The molecule has 1 aromatic carbocycles.